The molecule has 0 fully saturated rings. The molecule has 0 amide bonds. The molecule has 0 aromatic carbocycles. The van der Waals surface area contributed by atoms with E-state index in [1.165, 1.54) is 89.9 Å². The van der Waals surface area contributed by atoms with Crippen LogP contribution in [-0.4, -0.2) is 11.9 Å². The van der Waals surface area contributed by atoms with Gasteiger partial charge in [0, 0.05) is 0 Å². The molecular formula is C21H38N2. The normalized spacial score (nSPS) is 15.6. The van der Waals surface area contributed by atoms with Crippen molar-refractivity contribution in [3.05, 3.63) is 11.9 Å². The van der Waals surface area contributed by atoms with Crippen molar-refractivity contribution in [1.29, 1.82) is 0 Å². The Morgan fingerprint density at radius 1 is 0.739 bits per heavy atom. The number of nitrogens with zero attached hydrogens (tertiary/aromatic N) is 2. The van der Waals surface area contributed by atoms with E-state index in [4.69, 9.17) is 0 Å². The van der Waals surface area contributed by atoms with E-state index in [0.717, 1.165) is 18.0 Å². The lowest BCUT2D eigenvalue weighted by Gasteiger charge is -2.02. The molecule has 1 aliphatic rings. The van der Waals surface area contributed by atoms with E-state index in [0.29, 0.717) is 0 Å². The number of allylic oxidation sites excluding steroid dienone is 1. The highest BCUT2D eigenvalue weighted by Crippen LogP contribution is 2.14. The molecule has 0 radical (unpaired) electrons. The van der Waals surface area contributed by atoms with Crippen LogP contribution in [0.2, 0.25) is 0 Å². The van der Waals surface area contributed by atoms with Crippen molar-refractivity contribution < 1.29 is 0 Å². The molecule has 0 N–H and O–H groups in total. The highest BCUT2D eigenvalue weighted by molar-refractivity contribution is 6.31. The van der Waals surface area contributed by atoms with Crippen LogP contribution >= 0.6 is 0 Å². The molecule has 2 heteroatoms. The molecule has 1 heterocycles. The number of hydrogen-bond acceptors (Lipinski definition) is 2. The van der Waals surface area contributed by atoms with Gasteiger partial charge in [-0.25, -0.2) is 9.98 Å². The van der Waals surface area contributed by atoms with Crippen molar-refractivity contribution in [3.63, 3.8) is 0 Å². The minimum absolute atomic E-state index is 0.914. The lowest BCUT2D eigenvalue weighted by Crippen LogP contribution is -1.83. The van der Waals surface area contributed by atoms with E-state index in [2.05, 4.69) is 23.0 Å². The highest BCUT2D eigenvalue weighted by Gasteiger charge is 1.99. The van der Waals surface area contributed by atoms with Gasteiger partial charge in [-0.3, -0.25) is 0 Å². The highest BCUT2D eigenvalue weighted by atomic mass is 15.0. The van der Waals surface area contributed by atoms with Crippen molar-refractivity contribution in [2.24, 2.45) is 9.98 Å². The van der Waals surface area contributed by atoms with Gasteiger partial charge in [0.25, 0.3) is 0 Å². The minimum Gasteiger partial charge on any atom is -0.236 e. The SMILES string of the molecule is CCCCCCCCCCCCCCCCC=C1N=CC(C)=N1. The van der Waals surface area contributed by atoms with Crippen LogP contribution in [0.1, 0.15) is 110 Å². The average molecular weight is 319 g/mol. The molecule has 2 nitrogen and oxygen atoms in total. The molecule has 0 spiro atoms. The largest absolute Gasteiger partial charge is 0.236 e. The maximum atomic E-state index is 4.35. The molecule has 0 aromatic rings. The van der Waals surface area contributed by atoms with E-state index in [-0.39, 0.29) is 0 Å². The maximum Gasteiger partial charge on any atom is 0.148 e. The van der Waals surface area contributed by atoms with Crippen molar-refractivity contribution in [3.8, 4) is 0 Å². The smallest absolute Gasteiger partial charge is 0.148 e. The summed E-state index contributed by atoms with van der Waals surface area (Å²) in [5.74, 6) is 0.914. The molecule has 0 aromatic heterocycles. The van der Waals surface area contributed by atoms with Gasteiger partial charge in [0.1, 0.15) is 5.82 Å². The molecule has 23 heavy (non-hydrogen) atoms. The summed E-state index contributed by atoms with van der Waals surface area (Å²) >= 11 is 0. The van der Waals surface area contributed by atoms with Gasteiger partial charge in [-0.2, -0.15) is 0 Å². The molecule has 0 saturated heterocycles. The molecule has 1 rings (SSSR count). The molecule has 1 aliphatic heterocycles. The Hall–Kier alpha value is -0.920. The summed E-state index contributed by atoms with van der Waals surface area (Å²) in [7, 11) is 0. The van der Waals surface area contributed by atoms with Gasteiger partial charge in [0.2, 0.25) is 0 Å². The fourth-order valence-electron chi connectivity index (χ4n) is 3.07. The standard InChI is InChI=1S/C21H38N2/c1-3-4-5-6-7-8-9-10-11-12-13-14-15-16-17-18-21-22-19-20(2)23-21/h18-19H,3-17H2,1-2H3. The molecule has 0 bridgehead atoms. The van der Waals surface area contributed by atoms with Crippen LogP contribution in [-0.2, 0) is 0 Å². The van der Waals surface area contributed by atoms with Gasteiger partial charge in [-0.15, -0.1) is 0 Å². The Bertz CT molecular complexity index is 366. The fraction of sp³-hybridized carbons (Fsp3) is 0.810. The monoisotopic (exact) mass is 318 g/mol. The first-order valence-corrected chi connectivity index (χ1v) is 10.1. The number of unbranched alkanes of at least 4 members (excludes halogenated alkanes) is 14. The average Bonchev–Trinajstić information content (AvgIpc) is 2.96. The Morgan fingerprint density at radius 3 is 1.65 bits per heavy atom. The van der Waals surface area contributed by atoms with E-state index in [1.807, 2.05) is 13.1 Å². The summed E-state index contributed by atoms with van der Waals surface area (Å²) in [4.78, 5) is 8.60. The number of aliphatic imine (C=N–C) groups is 2. The molecular weight excluding hydrogens is 280 g/mol. The fourth-order valence-corrected chi connectivity index (χ4v) is 3.07. The van der Waals surface area contributed by atoms with Gasteiger partial charge >= 0.3 is 0 Å². The molecule has 0 aliphatic carbocycles. The minimum atomic E-state index is 0.914. The summed E-state index contributed by atoms with van der Waals surface area (Å²) in [6.45, 7) is 4.29. The third kappa shape index (κ3) is 12.2. The van der Waals surface area contributed by atoms with E-state index >= 15 is 0 Å². The first-order chi connectivity index (χ1) is 11.3. The van der Waals surface area contributed by atoms with Crippen molar-refractivity contribution in [1.82, 2.24) is 0 Å². The van der Waals surface area contributed by atoms with Gasteiger partial charge < -0.3 is 0 Å². The van der Waals surface area contributed by atoms with Crippen LogP contribution in [0.25, 0.3) is 0 Å². The Balaban J connectivity index is 1.74. The maximum absolute atomic E-state index is 4.35. The number of hydrogen-bond donors (Lipinski definition) is 0. The van der Waals surface area contributed by atoms with Crippen molar-refractivity contribution in [2.75, 3.05) is 0 Å². The second kappa shape index (κ2) is 14.7. The van der Waals surface area contributed by atoms with E-state index < -0.39 is 0 Å². The van der Waals surface area contributed by atoms with Gasteiger partial charge in [-0.05, 0) is 25.8 Å². The summed E-state index contributed by atoms with van der Waals surface area (Å²) in [6, 6.07) is 0. The zero-order valence-corrected chi connectivity index (χ0v) is 15.7. The lowest BCUT2D eigenvalue weighted by molar-refractivity contribution is 0.536. The van der Waals surface area contributed by atoms with E-state index in [9.17, 15) is 0 Å². The van der Waals surface area contributed by atoms with Crippen LogP contribution in [0.15, 0.2) is 21.9 Å². The third-order valence-electron chi connectivity index (χ3n) is 4.56. The molecule has 0 saturated carbocycles. The predicted molar refractivity (Wildman–Crippen MR) is 105 cm³/mol. The summed E-state index contributed by atoms with van der Waals surface area (Å²) in [5.41, 5.74) is 1.03. The second-order valence-electron chi connectivity index (χ2n) is 6.96. The van der Waals surface area contributed by atoms with Crippen LogP contribution in [0.5, 0.6) is 0 Å². The quantitative estimate of drug-likeness (QED) is 0.284. The summed E-state index contributed by atoms with van der Waals surface area (Å²) in [6.07, 6.45) is 25.0. The Labute approximate surface area is 144 Å². The third-order valence-corrected chi connectivity index (χ3v) is 4.56. The number of rotatable bonds is 15. The topological polar surface area (TPSA) is 24.7 Å². The van der Waals surface area contributed by atoms with Crippen molar-refractivity contribution in [2.45, 2.75) is 110 Å². The Kier molecular flexibility index (Phi) is 12.8. The first kappa shape index (κ1) is 20.1. The zero-order chi connectivity index (χ0) is 16.6. The molecule has 0 atom stereocenters. The van der Waals surface area contributed by atoms with Gasteiger partial charge in [0.05, 0.1) is 11.9 Å². The predicted octanol–water partition coefficient (Wildman–Crippen LogP) is 7.24. The first-order valence-electron chi connectivity index (χ1n) is 10.1. The molecule has 0 unspecified atom stereocenters. The lowest BCUT2D eigenvalue weighted by atomic mass is 10.0. The molecule has 132 valence electrons. The van der Waals surface area contributed by atoms with Gasteiger partial charge in [-0.1, -0.05) is 90.4 Å². The summed E-state index contributed by atoms with van der Waals surface area (Å²) < 4.78 is 0. The second-order valence-corrected chi connectivity index (χ2v) is 6.96. The zero-order valence-electron chi connectivity index (χ0n) is 15.7. The van der Waals surface area contributed by atoms with Gasteiger partial charge in [0.15, 0.2) is 0 Å². The van der Waals surface area contributed by atoms with Crippen LogP contribution in [0, 0.1) is 0 Å². The Morgan fingerprint density at radius 2 is 1.22 bits per heavy atom. The van der Waals surface area contributed by atoms with Crippen molar-refractivity contribution >= 4 is 11.9 Å². The van der Waals surface area contributed by atoms with E-state index in [1.54, 1.807) is 0 Å². The van der Waals surface area contributed by atoms with Crippen LogP contribution in [0.3, 0.4) is 0 Å². The summed E-state index contributed by atoms with van der Waals surface area (Å²) in [5, 5.41) is 0. The van der Waals surface area contributed by atoms with Crippen LogP contribution < -0.4 is 0 Å². The van der Waals surface area contributed by atoms with Crippen LogP contribution in [0.4, 0.5) is 0 Å².